The van der Waals surface area contributed by atoms with Crippen LogP contribution in [0.5, 0.6) is 0 Å². The second kappa shape index (κ2) is 11.7. The smallest absolute Gasteiger partial charge is 0.465 e. The van der Waals surface area contributed by atoms with E-state index >= 15 is 0 Å². The van der Waals surface area contributed by atoms with E-state index in [0.29, 0.717) is 22.6 Å². The summed E-state index contributed by atoms with van der Waals surface area (Å²) in [7, 11) is 0. The number of hydrogen-bond acceptors (Lipinski definition) is 5. The normalized spacial score (nSPS) is 17.0. The Morgan fingerprint density at radius 1 is 1.03 bits per heavy atom. The van der Waals surface area contributed by atoms with Crippen LogP contribution in [0, 0.1) is 0 Å². The molecule has 2 amide bonds. The van der Waals surface area contributed by atoms with E-state index < -0.39 is 61.0 Å². The molecular weight excluding hydrogens is 498 g/mol. The third-order valence-electron chi connectivity index (χ3n) is 5.65. The zero-order valence-corrected chi connectivity index (χ0v) is 19.6. The number of likely N-dealkylation sites (tertiary alicyclic amines) is 1. The van der Waals surface area contributed by atoms with Gasteiger partial charge in [0.05, 0.1) is 12.6 Å². The van der Waals surface area contributed by atoms with Gasteiger partial charge in [-0.15, -0.1) is 0 Å². The number of ketones is 1. The maximum absolute atomic E-state index is 13.3. The summed E-state index contributed by atoms with van der Waals surface area (Å²) >= 11 is 0. The molecule has 0 bridgehead atoms. The van der Waals surface area contributed by atoms with Gasteiger partial charge in [0, 0.05) is 25.2 Å². The third-order valence-corrected chi connectivity index (χ3v) is 5.65. The van der Waals surface area contributed by atoms with Crippen molar-refractivity contribution in [3.8, 4) is 0 Å². The molecule has 0 aromatic heterocycles. The van der Waals surface area contributed by atoms with Gasteiger partial charge in [-0.05, 0) is 37.5 Å². The van der Waals surface area contributed by atoms with Crippen LogP contribution in [0.2, 0.25) is 0 Å². The summed E-state index contributed by atoms with van der Waals surface area (Å²) in [6.07, 6.45) is -9.59. The fourth-order valence-corrected chi connectivity index (χ4v) is 3.95. The molecule has 1 fully saturated rings. The SMILES string of the molecule is CCCCC(=O)C(C(=O)OCC)c1ccc(N(C(=O)C(F)(F)F)[C@@H]2CCN(C(=O)C(F)(F)F)C2)cc1. The van der Waals surface area contributed by atoms with Crippen molar-refractivity contribution in [2.75, 3.05) is 24.6 Å². The number of anilines is 1. The highest BCUT2D eigenvalue weighted by Gasteiger charge is 2.49. The van der Waals surface area contributed by atoms with Crippen LogP contribution >= 0.6 is 0 Å². The van der Waals surface area contributed by atoms with Gasteiger partial charge in [0.1, 0.15) is 5.92 Å². The van der Waals surface area contributed by atoms with Crippen LogP contribution in [0.1, 0.15) is 51.0 Å². The van der Waals surface area contributed by atoms with Crippen LogP contribution in [0.3, 0.4) is 0 Å². The Morgan fingerprint density at radius 2 is 1.64 bits per heavy atom. The molecule has 1 saturated heterocycles. The van der Waals surface area contributed by atoms with Crippen molar-refractivity contribution < 1.29 is 50.3 Å². The third kappa shape index (κ3) is 6.97. The van der Waals surface area contributed by atoms with Crippen molar-refractivity contribution in [2.24, 2.45) is 0 Å². The molecule has 36 heavy (non-hydrogen) atoms. The molecular formula is C23H26F6N2O5. The van der Waals surface area contributed by atoms with Crippen LogP contribution in [-0.2, 0) is 23.9 Å². The predicted molar refractivity (Wildman–Crippen MR) is 115 cm³/mol. The molecule has 1 aromatic rings. The second-order valence-corrected chi connectivity index (χ2v) is 8.21. The number of benzene rings is 1. The van der Waals surface area contributed by atoms with Crippen molar-refractivity contribution in [3.63, 3.8) is 0 Å². The molecule has 0 aliphatic carbocycles. The van der Waals surface area contributed by atoms with Gasteiger partial charge < -0.3 is 9.64 Å². The lowest BCUT2D eigenvalue weighted by molar-refractivity contribution is -0.184. The minimum Gasteiger partial charge on any atom is -0.465 e. The van der Waals surface area contributed by atoms with E-state index in [-0.39, 0.29) is 30.7 Å². The Balaban J connectivity index is 2.39. The Kier molecular flexibility index (Phi) is 9.50. The number of carbonyl (C=O) groups excluding carboxylic acids is 4. The molecule has 2 rings (SSSR count). The number of ether oxygens (including phenoxy) is 1. The average Bonchev–Trinajstić information content (AvgIpc) is 3.27. The molecule has 0 spiro atoms. The molecule has 1 aromatic carbocycles. The van der Waals surface area contributed by atoms with E-state index in [9.17, 15) is 45.5 Å². The van der Waals surface area contributed by atoms with Crippen molar-refractivity contribution in [3.05, 3.63) is 29.8 Å². The lowest BCUT2D eigenvalue weighted by Gasteiger charge is -2.30. The van der Waals surface area contributed by atoms with Crippen molar-refractivity contribution in [1.29, 1.82) is 0 Å². The van der Waals surface area contributed by atoms with Crippen molar-refractivity contribution in [1.82, 2.24) is 4.90 Å². The first-order valence-electron chi connectivity index (χ1n) is 11.3. The van der Waals surface area contributed by atoms with Gasteiger partial charge in [-0.2, -0.15) is 26.3 Å². The van der Waals surface area contributed by atoms with Gasteiger partial charge in [0.2, 0.25) is 0 Å². The molecule has 13 heteroatoms. The topological polar surface area (TPSA) is 84.0 Å². The number of amides is 2. The van der Waals surface area contributed by atoms with Gasteiger partial charge in [0.15, 0.2) is 5.78 Å². The number of halogens is 6. The molecule has 0 N–H and O–H groups in total. The van der Waals surface area contributed by atoms with Crippen LogP contribution in [-0.4, -0.2) is 66.6 Å². The first kappa shape index (κ1) is 29.1. The number of esters is 1. The van der Waals surface area contributed by atoms with E-state index in [1.54, 1.807) is 6.92 Å². The fourth-order valence-electron chi connectivity index (χ4n) is 3.95. The molecule has 1 unspecified atom stereocenters. The highest BCUT2D eigenvalue weighted by molar-refractivity contribution is 6.04. The van der Waals surface area contributed by atoms with Crippen LogP contribution in [0.25, 0.3) is 0 Å². The lowest BCUT2D eigenvalue weighted by atomic mass is 9.91. The molecule has 0 saturated carbocycles. The standard InChI is InChI=1S/C23H26F6N2O5/c1-3-5-6-17(32)18(19(33)36-4-2)14-7-9-15(10-8-14)31(21(35)23(27,28)29)16-11-12-30(13-16)20(34)22(24,25)26/h7-10,16,18H,3-6,11-13H2,1-2H3/t16-,18?/m1/s1. The summed E-state index contributed by atoms with van der Waals surface area (Å²) in [5.41, 5.74) is -0.172. The summed E-state index contributed by atoms with van der Waals surface area (Å²) in [4.78, 5) is 49.4. The van der Waals surface area contributed by atoms with Crippen LogP contribution in [0.15, 0.2) is 24.3 Å². The zero-order valence-electron chi connectivity index (χ0n) is 19.6. The number of unbranched alkanes of at least 4 members (excludes halogenated alkanes) is 1. The average molecular weight is 524 g/mol. The van der Waals surface area contributed by atoms with E-state index in [0.717, 1.165) is 12.1 Å². The quantitative estimate of drug-likeness (QED) is 0.275. The molecule has 7 nitrogen and oxygen atoms in total. The Bertz CT molecular complexity index is 961. The Hall–Kier alpha value is -3.12. The molecule has 1 aliphatic rings. The van der Waals surface area contributed by atoms with Crippen molar-refractivity contribution >= 4 is 29.3 Å². The summed E-state index contributed by atoms with van der Waals surface area (Å²) in [6, 6.07) is 3.18. The minimum atomic E-state index is -5.34. The summed E-state index contributed by atoms with van der Waals surface area (Å²) in [6.45, 7) is 2.16. The van der Waals surface area contributed by atoms with E-state index in [2.05, 4.69) is 0 Å². The maximum Gasteiger partial charge on any atom is 0.471 e. The Labute approximate surface area is 203 Å². The maximum atomic E-state index is 13.3. The van der Waals surface area contributed by atoms with E-state index in [1.165, 1.54) is 12.1 Å². The molecule has 0 radical (unpaired) electrons. The van der Waals surface area contributed by atoms with E-state index in [4.69, 9.17) is 4.74 Å². The van der Waals surface area contributed by atoms with Gasteiger partial charge >= 0.3 is 30.1 Å². The molecule has 2 atom stereocenters. The second-order valence-electron chi connectivity index (χ2n) is 8.21. The van der Waals surface area contributed by atoms with Gasteiger partial charge in [-0.25, -0.2) is 0 Å². The first-order valence-corrected chi connectivity index (χ1v) is 11.3. The predicted octanol–water partition coefficient (Wildman–Crippen LogP) is 4.15. The number of nitrogens with zero attached hydrogens (tertiary/aromatic N) is 2. The number of alkyl halides is 6. The van der Waals surface area contributed by atoms with Gasteiger partial charge in [-0.1, -0.05) is 25.5 Å². The highest BCUT2D eigenvalue weighted by Crippen LogP contribution is 2.32. The lowest BCUT2D eigenvalue weighted by Crippen LogP contribution is -2.49. The summed E-state index contributed by atoms with van der Waals surface area (Å²) < 4.78 is 83.3. The monoisotopic (exact) mass is 524 g/mol. The van der Waals surface area contributed by atoms with E-state index in [1.807, 2.05) is 6.92 Å². The van der Waals surface area contributed by atoms with Crippen LogP contribution < -0.4 is 4.90 Å². The molecule has 1 aliphatic heterocycles. The number of rotatable bonds is 9. The summed E-state index contributed by atoms with van der Waals surface area (Å²) in [5.74, 6) is -7.11. The van der Waals surface area contributed by atoms with Gasteiger partial charge in [0.25, 0.3) is 0 Å². The molecule has 200 valence electrons. The summed E-state index contributed by atoms with van der Waals surface area (Å²) in [5, 5.41) is 0. The number of hydrogen-bond donors (Lipinski definition) is 0. The van der Waals surface area contributed by atoms with Crippen molar-refractivity contribution in [2.45, 2.75) is 63.8 Å². The van der Waals surface area contributed by atoms with Gasteiger partial charge in [-0.3, -0.25) is 24.1 Å². The van der Waals surface area contributed by atoms with Crippen LogP contribution in [0.4, 0.5) is 32.0 Å². The number of carbonyl (C=O) groups is 4. The zero-order chi connectivity index (χ0) is 27.3. The highest BCUT2D eigenvalue weighted by atomic mass is 19.4. The Morgan fingerprint density at radius 3 is 2.14 bits per heavy atom. The first-order chi connectivity index (χ1) is 16.7. The largest absolute Gasteiger partial charge is 0.471 e. The molecule has 1 heterocycles. The number of Topliss-reactive ketones (excluding diaryl/α,β-unsaturated/α-hetero) is 1. The minimum absolute atomic E-state index is 0.00281. The fraction of sp³-hybridized carbons (Fsp3) is 0.565.